The monoisotopic (exact) mass is 211 g/mol. The van der Waals surface area contributed by atoms with E-state index in [2.05, 4.69) is 23.6 Å². The maximum absolute atomic E-state index is 7.86. The second-order valence-electron chi connectivity index (χ2n) is 4.33. The summed E-state index contributed by atoms with van der Waals surface area (Å²) in [5.74, 6) is 0.855. The van der Waals surface area contributed by atoms with Gasteiger partial charge in [0.15, 0.2) is 0 Å². The van der Waals surface area contributed by atoms with Gasteiger partial charge in [0.05, 0.1) is 5.84 Å². The largest absolute Gasteiger partial charge is 0.359 e. The van der Waals surface area contributed by atoms with Gasteiger partial charge in [-0.25, -0.2) is 0 Å². The summed E-state index contributed by atoms with van der Waals surface area (Å²) < 4.78 is 0. The molecule has 0 amide bonds. The van der Waals surface area contributed by atoms with Gasteiger partial charge in [0.2, 0.25) is 0 Å². The Kier molecular flexibility index (Phi) is 5.69. The van der Waals surface area contributed by atoms with Crippen LogP contribution in [0.15, 0.2) is 0 Å². The summed E-state index contributed by atoms with van der Waals surface area (Å²) in [6.07, 6.45) is 4.69. The van der Waals surface area contributed by atoms with Crippen LogP contribution in [0.4, 0.5) is 0 Å². The maximum atomic E-state index is 7.86. The minimum atomic E-state index is 0.855. The number of nitrogens with one attached hydrogen (secondary N) is 1. The van der Waals surface area contributed by atoms with Crippen LogP contribution in [0.2, 0.25) is 0 Å². The summed E-state index contributed by atoms with van der Waals surface area (Å²) in [6, 6.07) is 0. The van der Waals surface area contributed by atoms with E-state index in [-0.39, 0.29) is 0 Å². The molecule has 0 aromatic carbocycles. The summed E-state index contributed by atoms with van der Waals surface area (Å²) in [5, 5.41) is 7.86. The van der Waals surface area contributed by atoms with Crippen LogP contribution in [-0.2, 0) is 0 Å². The first kappa shape index (κ1) is 12.5. The van der Waals surface area contributed by atoms with E-state index in [9.17, 15) is 0 Å². The van der Waals surface area contributed by atoms with Crippen molar-refractivity contribution in [3.05, 3.63) is 0 Å². The molecule has 0 unspecified atom stereocenters. The minimum Gasteiger partial charge on any atom is -0.359 e. The van der Waals surface area contributed by atoms with Gasteiger partial charge in [-0.15, -0.1) is 0 Å². The highest BCUT2D eigenvalue weighted by Crippen LogP contribution is 2.10. The summed E-state index contributed by atoms with van der Waals surface area (Å²) in [6.45, 7) is 10.0. The minimum absolute atomic E-state index is 0.855. The van der Waals surface area contributed by atoms with Crippen molar-refractivity contribution in [2.45, 2.75) is 39.5 Å². The Bertz CT molecular complexity index is 191. The van der Waals surface area contributed by atoms with Crippen LogP contribution in [0.3, 0.4) is 0 Å². The third-order valence-electron chi connectivity index (χ3n) is 3.15. The highest BCUT2D eigenvalue weighted by atomic mass is 15.2. The number of rotatable bonds is 6. The molecule has 1 fully saturated rings. The molecule has 88 valence electrons. The number of amidine groups is 1. The lowest BCUT2D eigenvalue weighted by atomic mass is 10.1. The molecule has 0 aromatic rings. The summed E-state index contributed by atoms with van der Waals surface area (Å²) >= 11 is 0. The van der Waals surface area contributed by atoms with E-state index in [4.69, 9.17) is 5.41 Å². The van der Waals surface area contributed by atoms with Crippen LogP contribution >= 0.6 is 0 Å². The first-order valence-electron chi connectivity index (χ1n) is 6.32. The molecule has 0 atom stereocenters. The average molecular weight is 211 g/mol. The Morgan fingerprint density at radius 2 is 2.07 bits per heavy atom. The number of piperidine rings is 1. The molecule has 3 nitrogen and oxygen atoms in total. The van der Waals surface area contributed by atoms with Crippen molar-refractivity contribution < 1.29 is 0 Å². The van der Waals surface area contributed by atoms with Crippen LogP contribution in [0, 0.1) is 5.41 Å². The van der Waals surface area contributed by atoms with E-state index in [1.54, 1.807) is 0 Å². The van der Waals surface area contributed by atoms with Gasteiger partial charge in [0.25, 0.3) is 0 Å². The molecule has 1 aliphatic rings. The number of nitrogens with zero attached hydrogens (tertiary/aromatic N) is 2. The van der Waals surface area contributed by atoms with Crippen molar-refractivity contribution in [2.24, 2.45) is 0 Å². The molecule has 1 saturated heterocycles. The molecule has 0 radical (unpaired) electrons. The van der Waals surface area contributed by atoms with Crippen molar-refractivity contribution in [3.63, 3.8) is 0 Å². The van der Waals surface area contributed by atoms with Gasteiger partial charge in [-0.3, -0.25) is 5.41 Å². The number of hydrogen-bond acceptors (Lipinski definition) is 2. The summed E-state index contributed by atoms with van der Waals surface area (Å²) in [5.41, 5.74) is 0. The predicted molar refractivity (Wildman–Crippen MR) is 65.6 cm³/mol. The fraction of sp³-hybridized carbons (Fsp3) is 0.917. The van der Waals surface area contributed by atoms with Gasteiger partial charge >= 0.3 is 0 Å². The topological polar surface area (TPSA) is 30.3 Å². The SMILES string of the molecule is CCCN(CC)CCN1CCCCC1=N. The number of likely N-dealkylation sites (tertiary alicyclic amines) is 1. The van der Waals surface area contributed by atoms with Gasteiger partial charge in [-0.05, 0) is 32.4 Å². The molecule has 0 spiro atoms. The van der Waals surface area contributed by atoms with Crippen LogP contribution in [0.5, 0.6) is 0 Å². The Hall–Kier alpha value is -0.570. The zero-order chi connectivity index (χ0) is 11.1. The Morgan fingerprint density at radius 1 is 1.27 bits per heavy atom. The van der Waals surface area contributed by atoms with Gasteiger partial charge < -0.3 is 9.80 Å². The normalized spacial score (nSPS) is 17.5. The van der Waals surface area contributed by atoms with E-state index in [0.29, 0.717) is 0 Å². The molecule has 15 heavy (non-hydrogen) atoms. The molecule has 0 aromatic heterocycles. The van der Waals surface area contributed by atoms with E-state index >= 15 is 0 Å². The van der Waals surface area contributed by atoms with Crippen LogP contribution < -0.4 is 0 Å². The first-order valence-corrected chi connectivity index (χ1v) is 6.32. The molecule has 0 bridgehead atoms. The van der Waals surface area contributed by atoms with Crippen molar-refractivity contribution >= 4 is 5.84 Å². The van der Waals surface area contributed by atoms with E-state index in [1.807, 2.05) is 0 Å². The lowest BCUT2D eigenvalue weighted by Gasteiger charge is -2.31. The zero-order valence-corrected chi connectivity index (χ0v) is 10.3. The molecular weight excluding hydrogens is 186 g/mol. The molecular formula is C12H25N3. The highest BCUT2D eigenvalue weighted by Gasteiger charge is 2.14. The molecule has 3 heteroatoms. The second kappa shape index (κ2) is 6.83. The second-order valence-corrected chi connectivity index (χ2v) is 4.33. The van der Waals surface area contributed by atoms with Gasteiger partial charge in [-0.2, -0.15) is 0 Å². The maximum Gasteiger partial charge on any atom is 0.0958 e. The first-order chi connectivity index (χ1) is 7.27. The smallest absolute Gasteiger partial charge is 0.0958 e. The average Bonchev–Trinajstić information content (AvgIpc) is 2.26. The third-order valence-corrected chi connectivity index (χ3v) is 3.15. The Morgan fingerprint density at radius 3 is 2.67 bits per heavy atom. The van der Waals surface area contributed by atoms with Crippen molar-refractivity contribution in [1.82, 2.24) is 9.80 Å². The fourth-order valence-corrected chi connectivity index (χ4v) is 2.14. The van der Waals surface area contributed by atoms with Gasteiger partial charge in [0, 0.05) is 26.1 Å². The summed E-state index contributed by atoms with van der Waals surface area (Å²) in [4.78, 5) is 4.73. The van der Waals surface area contributed by atoms with E-state index in [0.717, 1.165) is 38.4 Å². The van der Waals surface area contributed by atoms with Crippen LogP contribution in [0.25, 0.3) is 0 Å². The Labute approximate surface area is 94.0 Å². The molecule has 1 heterocycles. The lowest BCUT2D eigenvalue weighted by molar-refractivity contribution is 0.248. The molecule has 1 N–H and O–H groups in total. The van der Waals surface area contributed by atoms with Gasteiger partial charge in [0.1, 0.15) is 0 Å². The van der Waals surface area contributed by atoms with Crippen molar-refractivity contribution in [3.8, 4) is 0 Å². The molecule has 1 aliphatic heterocycles. The van der Waals surface area contributed by atoms with Crippen LogP contribution in [0.1, 0.15) is 39.5 Å². The fourth-order valence-electron chi connectivity index (χ4n) is 2.14. The third kappa shape index (κ3) is 4.20. The van der Waals surface area contributed by atoms with Crippen LogP contribution in [-0.4, -0.2) is 48.4 Å². The number of hydrogen-bond donors (Lipinski definition) is 1. The number of likely N-dealkylation sites (N-methyl/N-ethyl adjacent to an activating group) is 1. The van der Waals surface area contributed by atoms with Gasteiger partial charge in [-0.1, -0.05) is 13.8 Å². The molecule has 0 saturated carbocycles. The molecule has 0 aliphatic carbocycles. The standard InChI is InChI=1S/C12H25N3/c1-3-8-14(4-2)10-11-15-9-6-5-7-12(15)13/h13H,3-11H2,1-2H3. The lowest BCUT2D eigenvalue weighted by Crippen LogP contribution is -2.41. The quantitative estimate of drug-likeness (QED) is 0.730. The van der Waals surface area contributed by atoms with Crippen molar-refractivity contribution in [2.75, 3.05) is 32.7 Å². The highest BCUT2D eigenvalue weighted by molar-refractivity contribution is 5.79. The predicted octanol–water partition coefficient (Wildman–Crippen LogP) is 2.18. The van der Waals surface area contributed by atoms with E-state index in [1.165, 1.54) is 25.8 Å². The summed E-state index contributed by atoms with van der Waals surface area (Å²) in [7, 11) is 0. The van der Waals surface area contributed by atoms with Crippen molar-refractivity contribution in [1.29, 1.82) is 5.41 Å². The Balaban J connectivity index is 2.24. The molecule has 1 rings (SSSR count). The zero-order valence-electron chi connectivity index (χ0n) is 10.3. The van der Waals surface area contributed by atoms with E-state index < -0.39 is 0 Å².